The molecule has 1 aliphatic rings. The Morgan fingerprint density at radius 2 is 1.95 bits per heavy atom. The Balaban J connectivity index is 1.84. The number of hydrogen-bond donors (Lipinski definition) is 2. The van der Waals surface area contributed by atoms with Crippen LogP contribution in [0, 0.1) is 5.92 Å². The van der Waals surface area contributed by atoms with Crippen molar-refractivity contribution in [1.29, 1.82) is 0 Å². The van der Waals surface area contributed by atoms with Gasteiger partial charge in [0.25, 0.3) is 0 Å². The maximum atomic E-state index is 13.0. The summed E-state index contributed by atoms with van der Waals surface area (Å²) in [6.07, 6.45) is 0.114. The molecule has 3 nitrogen and oxygen atoms in total. The van der Waals surface area contributed by atoms with Crippen molar-refractivity contribution in [3.8, 4) is 0 Å². The number of nitrogens with one attached hydrogen (secondary N) is 1. The lowest BCUT2D eigenvalue weighted by Crippen LogP contribution is -2.35. The number of hydrogen-bond acceptors (Lipinski definition) is 2. The second-order valence-electron chi connectivity index (χ2n) is 5.05. The molecule has 0 atom stereocenters. The van der Waals surface area contributed by atoms with E-state index >= 15 is 0 Å². The fraction of sp³-hybridized carbons (Fsp3) is 0.500. The fourth-order valence-electron chi connectivity index (χ4n) is 2.32. The quantitative estimate of drug-likeness (QED) is 0.828. The van der Waals surface area contributed by atoms with E-state index in [1.807, 2.05) is 18.2 Å². The maximum Gasteiger partial charge on any atom is 0.248 e. The van der Waals surface area contributed by atoms with E-state index in [4.69, 9.17) is 5.73 Å². The normalized spacial score (nSPS) is 19.1. The third kappa shape index (κ3) is 3.66. The lowest BCUT2D eigenvalue weighted by Gasteiger charge is -2.27. The minimum atomic E-state index is -2.60. The van der Waals surface area contributed by atoms with Crippen molar-refractivity contribution in [2.45, 2.75) is 38.2 Å². The van der Waals surface area contributed by atoms with Crippen molar-refractivity contribution in [1.82, 2.24) is 5.32 Å². The molecule has 0 heterocycles. The number of benzene rings is 1. The van der Waals surface area contributed by atoms with Gasteiger partial charge in [0, 0.05) is 31.0 Å². The fourth-order valence-corrected chi connectivity index (χ4v) is 2.32. The number of amides is 1. The monoisotopic (exact) mass is 268 g/mol. The third-order valence-corrected chi connectivity index (χ3v) is 3.60. The number of nitrogen functional groups attached to an aromatic ring is 1. The van der Waals surface area contributed by atoms with E-state index < -0.39 is 5.92 Å². The molecule has 1 aromatic rings. The Hall–Kier alpha value is -1.65. The van der Waals surface area contributed by atoms with Crippen LogP contribution < -0.4 is 11.1 Å². The van der Waals surface area contributed by atoms with E-state index in [9.17, 15) is 13.6 Å². The number of carbonyl (C=O) groups excluding carboxylic acids is 1. The van der Waals surface area contributed by atoms with Crippen LogP contribution in [0.4, 0.5) is 14.5 Å². The summed E-state index contributed by atoms with van der Waals surface area (Å²) in [6, 6.07) is 7.27. The molecule has 0 aliphatic heterocycles. The van der Waals surface area contributed by atoms with Crippen molar-refractivity contribution in [2.24, 2.45) is 5.92 Å². The minimum Gasteiger partial charge on any atom is -0.398 e. The Bertz CT molecular complexity index is 453. The van der Waals surface area contributed by atoms with Crippen LogP contribution in [0.5, 0.6) is 0 Å². The summed E-state index contributed by atoms with van der Waals surface area (Å²) in [4.78, 5) is 11.9. The first-order valence-electron chi connectivity index (χ1n) is 6.47. The highest BCUT2D eigenvalue weighted by Gasteiger charge is 2.37. The van der Waals surface area contributed by atoms with Crippen LogP contribution in [0.25, 0.3) is 0 Å². The molecule has 1 fully saturated rings. The second kappa shape index (κ2) is 5.55. The number of anilines is 1. The van der Waals surface area contributed by atoms with Gasteiger partial charge >= 0.3 is 0 Å². The Morgan fingerprint density at radius 1 is 1.32 bits per heavy atom. The molecule has 0 spiro atoms. The molecule has 0 bridgehead atoms. The number of rotatable bonds is 3. The standard InChI is InChI=1S/C14H18F2N2O/c15-14(16)7-5-10(6-8-14)13(19)18-9-11-3-1-2-4-12(11)17/h1-4,10H,5-9,17H2,(H,18,19). The van der Waals surface area contributed by atoms with Crippen LogP contribution in [0.2, 0.25) is 0 Å². The summed E-state index contributed by atoms with van der Waals surface area (Å²) in [5, 5.41) is 2.77. The molecular formula is C14H18F2N2O. The first-order chi connectivity index (χ1) is 8.98. The van der Waals surface area contributed by atoms with Crippen molar-refractivity contribution >= 4 is 11.6 Å². The topological polar surface area (TPSA) is 55.1 Å². The first kappa shape index (κ1) is 13.8. The number of nitrogens with two attached hydrogens (primary N) is 1. The summed E-state index contributed by atoms with van der Waals surface area (Å²) in [5.74, 6) is -3.05. The molecule has 0 radical (unpaired) electrons. The highest BCUT2D eigenvalue weighted by atomic mass is 19.3. The number of para-hydroxylation sites is 1. The number of carbonyl (C=O) groups is 1. The zero-order valence-electron chi connectivity index (χ0n) is 10.7. The van der Waals surface area contributed by atoms with Gasteiger partial charge in [-0.2, -0.15) is 0 Å². The van der Waals surface area contributed by atoms with E-state index in [0.29, 0.717) is 12.2 Å². The van der Waals surface area contributed by atoms with Gasteiger partial charge in [-0.1, -0.05) is 18.2 Å². The van der Waals surface area contributed by atoms with Gasteiger partial charge < -0.3 is 11.1 Å². The Labute approximate surface area is 111 Å². The van der Waals surface area contributed by atoms with Crippen molar-refractivity contribution < 1.29 is 13.6 Å². The highest BCUT2D eigenvalue weighted by Crippen LogP contribution is 2.36. The summed E-state index contributed by atoms with van der Waals surface area (Å²) >= 11 is 0. The summed E-state index contributed by atoms with van der Waals surface area (Å²) in [7, 11) is 0. The lowest BCUT2D eigenvalue weighted by atomic mass is 9.86. The van der Waals surface area contributed by atoms with Crippen molar-refractivity contribution in [3.63, 3.8) is 0 Å². The van der Waals surface area contributed by atoms with Gasteiger partial charge in [-0.05, 0) is 24.5 Å². The van der Waals surface area contributed by atoms with Crippen molar-refractivity contribution in [3.05, 3.63) is 29.8 Å². The zero-order valence-corrected chi connectivity index (χ0v) is 10.7. The minimum absolute atomic E-state index is 0.154. The molecule has 1 aromatic carbocycles. The SMILES string of the molecule is Nc1ccccc1CNC(=O)C1CCC(F)(F)CC1. The second-order valence-corrected chi connectivity index (χ2v) is 5.05. The largest absolute Gasteiger partial charge is 0.398 e. The molecule has 5 heteroatoms. The van der Waals surface area contributed by atoms with Crippen LogP contribution >= 0.6 is 0 Å². The third-order valence-electron chi connectivity index (χ3n) is 3.60. The predicted octanol–water partition coefficient (Wildman–Crippen LogP) is 2.71. The van der Waals surface area contributed by atoms with Crippen LogP contribution in [0.1, 0.15) is 31.2 Å². The molecule has 0 aromatic heterocycles. The van der Waals surface area contributed by atoms with E-state index in [1.54, 1.807) is 6.07 Å². The Kier molecular flexibility index (Phi) is 4.02. The smallest absolute Gasteiger partial charge is 0.248 e. The van der Waals surface area contributed by atoms with Gasteiger partial charge in [0.2, 0.25) is 11.8 Å². The Morgan fingerprint density at radius 3 is 2.58 bits per heavy atom. The molecule has 3 N–H and O–H groups in total. The van der Waals surface area contributed by atoms with Crippen LogP contribution in [0.15, 0.2) is 24.3 Å². The van der Waals surface area contributed by atoms with Crippen molar-refractivity contribution in [2.75, 3.05) is 5.73 Å². The predicted molar refractivity (Wildman–Crippen MR) is 69.6 cm³/mol. The van der Waals surface area contributed by atoms with Crippen LogP contribution in [0.3, 0.4) is 0 Å². The molecule has 104 valence electrons. The first-order valence-corrected chi connectivity index (χ1v) is 6.47. The average molecular weight is 268 g/mol. The van der Waals surface area contributed by atoms with Gasteiger partial charge in [0.05, 0.1) is 0 Å². The van der Waals surface area contributed by atoms with Gasteiger partial charge in [0.1, 0.15) is 0 Å². The maximum absolute atomic E-state index is 13.0. The zero-order chi connectivity index (χ0) is 13.9. The van der Waals surface area contributed by atoms with E-state index in [1.165, 1.54) is 0 Å². The van der Waals surface area contributed by atoms with Crippen LogP contribution in [-0.2, 0) is 11.3 Å². The molecule has 2 rings (SSSR count). The van der Waals surface area contributed by atoms with E-state index in [2.05, 4.69) is 5.32 Å². The van der Waals surface area contributed by atoms with Crippen LogP contribution in [-0.4, -0.2) is 11.8 Å². The van der Waals surface area contributed by atoms with E-state index in [0.717, 1.165) is 5.56 Å². The summed E-state index contributed by atoms with van der Waals surface area (Å²) in [5.41, 5.74) is 7.24. The molecule has 19 heavy (non-hydrogen) atoms. The summed E-state index contributed by atoms with van der Waals surface area (Å²) in [6.45, 7) is 0.346. The lowest BCUT2D eigenvalue weighted by molar-refractivity contribution is -0.129. The van der Waals surface area contributed by atoms with Gasteiger partial charge in [-0.3, -0.25) is 4.79 Å². The summed E-state index contributed by atoms with van der Waals surface area (Å²) < 4.78 is 26.0. The van der Waals surface area contributed by atoms with E-state index in [-0.39, 0.29) is 37.5 Å². The molecule has 1 saturated carbocycles. The molecule has 1 amide bonds. The van der Waals surface area contributed by atoms with Gasteiger partial charge in [0.15, 0.2) is 0 Å². The van der Waals surface area contributed by atoms with Gasteiger partial charge in [-0.15, -0.1) is 0 Å². The average Bonchev–Trinajstić information content (AvgIpc) is 2.37. The molecular weight excluding hydrogens is 250 g/mol. The molecule has 0 unspecified atom stereocenters. The number of halogens is 2. The number of alkyl halides is 2. The van der Waals surface area contributed by atoms with Gasteiger partial charge in [-0.25, -0.2) is 8.78 Å². The molecule has 0 saturated heterocycles. The highest BCUT2D eigenvalue weighted by molar-refractivity contribution is 5.78. The molecule has 1 aliphatic carbocycles.